The van der Waals surface area contributed by atoms with Gasteiger partial charge >= 0.3 is 0 Å². The smallest absolute Gasteiger partial charge is 0.162 e. The van der Waals surface area contributed by atoms with Crippen LogP contribution in [0.5, 0.6) is 0 Å². The Morgan fingerprint density at radius 3 is 2.19 bits per heavy atom. The highest BCUT2D eigenvalue weighted by Crippen LogP contribution is 2.35. The minimum Gasteiger partial charge on any atom is -0.294 e. The van der Waals surface area contributed by atoms with Crippen LogP contribution in [0.15, 0.2) is 36.4 Å². The molecule has 1 aliphatic carbocycles. The standard InChI is InChI=1S/C26H34O/c1-3-5-7-9-10-20-12-16-24-21(18-20)13-14-22-19-23(15-17-25(22)24)26(27)11-8-6-4-2/h12,15-19H,3-11,13-14H2,1-2H3. The number of unbranched alkanes of at least 4 members (excludes halogenated alkanes) is 5. The third kappa shape index (κ3) is 5.09. The molecule has 0 fully saturated rings. The van der Waals surface area contributed by atoms with Crippen molar-refractivity contribution in [3.8, 4) is 11.1 Å². The molecule has 0 saturated heterocycles. The van der Waals surface area contributed by atoms with Crippen molar-refractivity contribution in [3.05, 3.63) is 58.7 Å². The van der Waals surface area contributed by atoms with Crippen LogP contribution >= 0.6 is 0 Å². The summed E-state index contributed by atoms with van der Waals surface area (Å²) in [6.45, 7) is 4.44. The van der Waals surface area contributed by atoms with Gasteiger partial charge in [0.1, 0.15) is 0 Å². The Morgan fingerprint density at radius 2 is 1.44 bits per heavy atom. The molecule has 0 saturated carbocycles. The molecule has 0 bridgehead atoms. The molecule has 144 valence electrons. The first kappa shape index (κ1) is 19.9. The molecule has 0 aromatic heterocycles. The van der Waals surface area contributed by atoms with Crippen molar-refractivity contribution in [2.75, 3.05) is 0 Å². The quantitative estimate of drug-likeness (QED) is 0.319. The van der Waals surface area contributed by atoms with Crippen LogP contribution in [-0.4, -0.2) is 5.78 Å². The number of Topliss-reactive ketones (excluding diaryl/α,β-unsaturated/α-hetero) is 1. The summed E-state index contributed by atoms with van der Waals surface area (Å²) in [5.41, 5.74) is 7.92. The lowest BCUT2D eigenvalue weighted by Gasteiger charge is -2.21. The third-order valence-corrected chi connectivity index (χ3v) is 5.88. The third-order valence-electron chi connectivity index (χ3n) is 5.88. The number of fused-ring (bicyclic) bond motifs is 3. The molecule has 0 aliphatic heterocycles. The highest BCUT2D eigenvalue weighted by Gasteiger charge is 2.18. The first-order valence-electron chi connectivity index (χ1n) is 11.0. The summed E-state index contributed by atoms with van der Waals surface area (Å²) < 4.78 is 0. The molecule has 2 aromatic rings. The molecule has 1 aliphatic rings. The zero-order valence-electron chi connectivity index (χ0n) is 17.2. The van der Waals surface area contributed by atoms with Crippen molar-refractivity contribution in [3.63, 3.8) is 0 Å². The fourth-order valence-electron chi connectivity index (χ4n) is 4.21. The number of hydrogen-bond donors (Lipinski definition) is 0. The van der Waals surface area contributed by atoms with Gasteiger partial charge in [-0.2, -0.15) is 0 Å². The van der Waals surface area contributed by atoms with Crippen molar-refractivity contribution in [1.82, 2.24) is 0 Å². The summed E-state index contributed by atoms with van der Waals surface area (Å²) in [6.07, 6.45) is 12.6. The van der Waals surface area contributed by atoms with Gasteiger partial charge < -0.3 is 0 Å². The van der Waals surface area contributed by atoms with Gasteiger partial charge in [-0.15, -0.1) is 0 Å². The Bertz CT molecular complexity index is 772. The highest BCUT2D eigenvalue weighted by atomic mass is 16.1. The van der Waals surface area contributed by atoms with Crippen molar-refractivity contribution in [2.24, 2.45) is 0 Å². The van der Waals surface area contributed by atoms with E-state index >= 15 is 0 Å². The molecule has 2 aromatic carbocycles. The first-order valence-corrected chi connectivity index (χ1v) is 11.0. The molecule has 1 nitrogen and oxygen atoms in total. The topological polar surface area (TPSA) is 17.1 Å². The number of ketones is 1. The van der Waals surface area contributed by atoms with Crippen LogP contribution in [0.4, 0.5) is 0 Å². The fourth-order valence-corrected chi connectivity index (χ4v) is 4.21. The van der Waals surface area contributed by atoms with E-state index in [2.05, 4.69) is 44.2 Å². The number of rotatable bonds is 10. The minimum absolute atomic E-state index is 0.305. The summed E-state index contributed by atoms with van der Waals surface area (Å²) in [5, 5.41) is 0. The molecule has 0 unspecified atom stereocenters. The maximum absolute atomic E-state index is 12.4. The molecule has 27 heavy (non-hydrogen) atoms. The van der Waals surface area contributed by atoms with Crippen molar-refractivity contribution in [2.45, 2.75) is 84.5 Å². The normalized spacial score (nSPS) is 12.5. The Morgan fingerprint density at radius 1 is 0.778 bits per heavy atom. The average molecular weight is 363 g/mol. The maximum atomic E-state index is 12.4. The number of hydrogen-bond acceptors (Lipinski definition) is 1. The summed E-state index contributed by atoms with van der Waals surface area (Å²) >= 11 is 0. The second kappa shape index (κ2) is 9.88. The summed E-state index contributed by atoms with van der Waals surface area (Å²) in [7, 11) is 0. The van der Waals surface area contributed by atoms with Gasteiger partial charge in [0.15, 0.2) is 5.78 Å². The lowest BCUT2D eigenvalue weighted by Crippen LogP contribution is -2.07. The van der Waals surface area contributed by atoms with E-state index < -0.39 is 0 Å². The summed E-state index contributed by atoms with van der Waals surface area (Å²) in [5.74, 6) is 0.305. The Labute approximate surface area is 165 Å². The zero-order valence-corrected chi connectivity index (χ0v) is 17.2. The van der Waals surface area contributed by atoms with E-state index in [-0.39, 0.29) is 0 Å². The van der Waals surface area contributed by atoms with Crippen molar-refractivity contribution in [1.29, 1.82) is 0 Å². The van der Waals surface area contributed by atoms with E-state index in [0.717, 1.165) is 37.7 Å². The summed E-state index contributed by atoms with van der Waals surface area (Å²) in [6, 6.07) is 13.4. The van der Waals surface area contributed by atoms with Crippen LogP contribution in [0.25, 0.3) is 11.1 Å². The highest BCUT2D eigenvalue weighted by molar-refractivity contribution is 5.97. The minimum atomic E-state index is 0.305. The van der Waals surface area contributed by atoms with Gasteiger partial charge in [-0.25, -0.2) is 0 Å². The molecule has 0 amide bonds. The van der Waals surface area contributed by atoms with Crippen LogP contribution in [-0.2, 0) is 19.3 Å². The van der Waals surface area contributed by atoms with E-state index in [4.69, 9.17) is 0 Å². The largest absolute Gasteiger partial charge is 0.294 e. The number of benzene rings is 2. The van der Waals surface area contributed by atoms with Crippen molar-refractivity contribution >= 4 is 5.78 Å². The second-order valence-corrected chi connectivity index (χ2v) is 8.05. The fraction of sp³-hybridized carbons (Fsp3) is 0.500. The molecular weight excluding hydrogens is 328 g/mol. The van der Waals surface area contributed by atoms with E-state index in [1.54, 1.807) is 0 Å². The Hall–Kier alpha value is -1.89. The maximum Gasteiger partial charge on any atom is 0.162 e. The second-order valence-electron chi connectivity index (χ2n) is 8.05. The predicted octanol–water partition coefficient (Wildman–Crippen LogP) is 7.34. The van der Waals surface area contributed by atoms with E-state index in [1.807, 2.05) is 6.07 Å². The summed E-state index contributed by atoms with van der Waals surface area (Å²) in [4.78, 5) is 12.4. The van der Waals surface area contributed by atoms with E-state index in [0.29, 0.717) is 12.2 Å². The predicted molar refractivity (Wildman–Crippen MR) is 116 cm³/mol. The first-order chi connectivity index (χ1) is 13.2. The van der Waals surface area contributed by atoms with Crippen LogP contribution < -0.4 is 0 Å². The van der Waals surface area contributed by atoms with Crippen LogP contribution in [0, 0.1) is 0 Å². The molecule has 0 spiro atoms. The molecule has 0 atom stereocenters. The number of carbonyl (C=O) groups excluding carboxylic acids is 1. The zero-order chi connectivity index (χ0) is 19.1. The van der Waals surface area contributed by atoms with Gasteiger partial charge in [-0.05, 0) is 66.0 Å². The van der Waals surface area contributed by atoms with Gasteiger partial charge in [-0.1, -0.05) is 76.3 Å². The van der Waals surface area contributed by atoms with Crippen LogP contribution in [0.3, 0.4) is 0 Å². The molecule has 0 heterocycles. The molecule has 3 rings (SSSR count). The van der Waals surface area contributed by atoms with Gasteiger partial charge in [0.25, 0.3) is 0 Å². The van der Waals surface area contributed by atoms with Gasteiger partial charge in [0.2, 0.25) is 0 Å². The lowest BCUT2D eigenvalue weighted by molar-refractivity contribution is 0.0979. The monoisotopic (exact) mass is 362 g/mol. The Kier molecular flexibility index (Phi) is 7.26. The molecular formula is C26H34O. The van der Waals surface area contributed by atoms with Gasteiger partial charge in [0.05, 0.1) is 0 Å². The number of carbonyl (C=O) groups is 1. The molecule has 0 N–H and O–H groups in total. The van der Waals surface area contributed by atoms with Gasteiger partial charge in [-0.3, -0.25) is 4.79 Å². The van der Waals surface area contributed by atoms with Crippen LogP contribution in [0.2, 0.25) is 0 Å². The van der Waals surface area contributed by atoms with Crippen LogP contribution in [0.1, 0.15) is 92.3 Å². The average Bonchev–Trinajstić information content (AvgIpc) is 2.70. The Balaban J connectivity index is 1.71. The number of aryl methyl sites for hydroxylation is 3. The lowest BCUT2D eigenvalue weighted by atomic mass is 9.83. The van der Waals surface area contributed by atoms with Gasteiger partial charge in [0, 0.05) is 12.0 Å². The van der Waals surface area contributed by atoms with Crippen molar-refractivity contribution < 1.29 is 4.79 Å². The molecule has 1 heteroatoms. The SMILES string of the molecule is CCCCCCc1ccc2c(c1)CCc1cc(C(=O)CCCCC)ccc1-2. The van der Waals surface area contributed by atoms with E-state index in [1.165, 1.54) is 59.9 Å². The molecule has 0 radical (unpaired) electrons. The van der Waals surface area contributed by atoms with E-state index in [9.17, 15) is 4.79 Å².